The fourth-order valence-electron chi connectivity index (χ4n) is 2.32. The van der Waals surface area contributed by atoms with Crippen molar-refractivity contribution in [2.45, 2.75) is 17.6 Å². The van der Waals surface area contributed by atoms with Gasteiger partial charge in [0.2, 0.25) is 10.0 Å². The number of rotatable bonds is 6. The van der Waals surface area contributed by atoms with Gasteiger partial charge in [-0.2, -0.15) is 13.2 Å². The first-order chi connectivity index (χ1) is 13.6. The highest BCUT2D eigenvalue weighted by Gasteiger charge is 2.30. The molecular formula is C19H14ClF3N2O3S. The van der Waals surface area contributed by atoms with Crippen molar-refractivity contribution >= 4 is 33.5 Å². The SMILES string of the molecule is O=S(=O)(NCc1ccc(C=Nc2cccc(C(F)(F)F)c2)o1)c1ccc(Cl)cc1. The summed E-state index contributed by atoms with van der Waals surface area (Å²) in [6.07, 6.45) is -3.20. The number of hydrogen-bond donors (Lipinski definition) is 1. The van der Waals surface area contributed by atoms with Crippen LogP contribution in [0.2, 0.25) is 5.02 Å². The molecule has 3 rings (SSSR count). The van der Waals surface area contributed by atoms with Crippen LogP contribution in [0.3, 0.4) is 0 Å². The highest BCUT2D eigenvalue weighted by molar-refractivity contribution is 7.89. The predicted molar refractivity (Wildman–Crippen MR) is 103 cm³/mol. The standard InChI is InChI=1S/C19H14ClF3N2O3S/c20-14-4-8-18(9-5-14)29(26,27)25-12-17-7-6-16(28-17)11-24-15-3-1-2-13(10-15)19(21,22)23/h1-11,25H,12H2. The van der Waals surface area contributed by atoms with Gasteiger partial charge < -0.3 is 4.42 Å². The molecule has 0 aliphatic rings. The van der Waals surface area contributed by atoms with Crippen molar-refractivity contribution in [3.63, 3.8) is 0 Å². The van der Waals surface area contributed by atoms with Crippen LogP contribution in [0.1, 0.15) is 17.1 Å². The normalized spacial score (nSPS) is 12.6. The monoisotopic (exact) mass is 442 g/mol. The van der Waals surface area contributed by atoms with Crippen LogP contribution in [0.4, 0.5) is 18.9 Å². The fourth-order valence-corrected chi connectivity index (χ4v) is 3.44. The van der Waals surface area contributed by atoms with Gasteiger partial charge in [0.05, 0.1) is 28.9 Å². The van der Waals surface area contributed by atoms with Crippen molar-refractivity contribution in [2.24, 2.45) is 4.99 Å². The van der Waals surface area contributed by atoms with Crippen molar-refractivity contribution in [3.05, 3.63) is 82.8 Å². The Kier molecular flexibility index (Phi) is 6.11. The molecule has 0 aliphatic heterocycles. The first-order valence-electron chi connectivity index (χ1n) is 8.19. The highest BCUT2D eigenvalue weighted by Crippen LogP contribution is 2.31. The van der Waals surface area contributed by atoms with Crippen molar-refractivity contribution in [2.75, 3.05) is 0 Å². The van der Waals surface area contributed by atoms with Gasteiger partial charge in [0, 0.05) is 5.02 Å². The van der Waals surface area contributed by atoms with E-state index in [2.05, 4.69) is 9.71 Å². The minimum atomic E-state index is -4.45. The zero-order chi connectivity index (χ0) is 21.1. The summed E-state index contributed by atoms with van der Waals surface area (Å²) in [5.41, 5.74) is -0.690. The number of benzene rings is 2. The number of furan rings is 1. The van der Waals surface area contributed by atoms with Gasteiger partial charge in [-0.1, -0.05) is 17.7 Å². The van der Waals surface area contributed by atoms with Crippen LogP contribution < -0.4 is 4.72 Å². The van der Waals surface area contributed by atoms with Crippen LogP contribution in [-0.4, -0.2) is 14.6 Å². The quantitative estimate of drug-likeness (QED) is 0.534. The first-order valence-corrected chi connectivity index (χ1v) is 10.0. The second kappa shape index (κ2) is 8.40. The molecule has 1 aromatic heterocycles. The van der Waals surface area contributed by atoms with E-state index >= 15 is 0 Å². The van der Waals surface area contributed by atoms with Crippen molar-refractivity contribution < 1.29 is 26.0 Å². The van der Waals surface area contributed by atoms with Gasteiger partial charge in [0.25, 0.3) is 0 Å². The molecule has 5 nitrogen and oxygen atoms in total. The molecule has 0 amide bonds. The lowest BCUT2D eigenvalue weighted by Gasteiger charge is -2.06. The summed E-state index contributed by atoms with van der Waals surface area (Å²) in [4.78, 5) is 4.01. The number of hydrogen-bond acceptors (Lipinski definition) is 4. The van der Waals surface area contributed by atoms with Crippen LogP contribution in [0.15, 0.2) is 75.0 Å². The second-order valence-electron chi connectivity index (χ2n) is 5.89. The molecule has 2 aromatic carbocycles. The van der Waals surface area contributed by atoms with E-state index in [0.29, 0.717) is 10.8 Å². The van der Waals surface area contributed by atoms with Crippen LogP contribution in [-0.2, 0) is 22.7 Å². The summed E-state index contributed by atoms with van der Waals surface area (Å²) < 4.78 is 70.5. The molecule has 10 heteroatoms. The molecule has 29 heavy (non-hydrogen) atoms. The molecule has 0 atom stereocenters. The third kappa shape index (κ3) is 5.69. The van der Waals surface area contributed by atoms with Gasteiger partial charge in [-0.05, 0) is 54.6 Å². The molecule has 3 aromatic rings. The first kappa shape index (κ1) is 21.1. The molecule has 1 N–H and O–H groups in total. The largest absolute Gasteiger partial charge is 0.459 e. The Labute approximate surface area is 169 Å². The van der Waals surface area contributed by atoms with E-state index in [4.69, 9.17) is 16.0 Å². The summed E-state index contributed by atoms with van der Waals surface area (Å²) in [5, 5.41) is 0.416. The van der Waals surface area contributed by atoms with Crippen LogP contribution in [0.5, 0.6) is 0 Å². The summed E-state index contributed by atoms with van der Waals surface area (Å²) >= 11 is 5.74. The molecule has 0 unspecified atom stereocenters. The van der Waals surface area contributed by atoms with E-state index in [1.54, 1.807) is 0 Å². The molecule has 0 saturated carbocycles. The maximum atomic E-state index is 12.7. The molecule has 0 radical (unpaired) electrons. The van der Waals surface area contributed by atoms with E-state index in [1.165, 1.54) is 54.7 Å². The Bertz CT molecular complexity index is 1120. The van der Waals surface area contributed by atoms with E-state index in [-0.39, 0.29) is 22.9 Å². The zero-order valence-electron chi connectivity index (χ0n) is 14.7. The average molecular weight is 443 g/mol. The summed E-state index contributed by atoms with van der Waals surface area (Å²) in [5.74, 6) is 0.580. The lowest BCUT2D eigenvalue weighted by molar-refractivity contribution is -0.137. The number of aliphatic imine (C=N–C) groups is 1. The van der Waals surface area contributed by atoms with Crippen molar-refractivity contribution in [1.82, 2.24) is 4.72 Å². The lowest BCUT2D eigenvalue weighted by atomic mass is 10.2. The lowest BCUT2D eigenvalue weighted by Crippen LogP contribution is -2.22. The molecule has 0 bridgehead atoms. The summed E-state index contributed by atoms with van der Waals surface area (Å²) in [7, 11) is -3.75. The van der Waals surface area contributed by atoms with Gasteiger partial charge in [0.15, 0.2) is 0 Å². The van der Waals surface area contributed by atoms with Crippen LogP contribution >= 0.6 is 11.6 Å². The summed E-state index contributed by atoms with van der Waals surface area (Å²) in [6.45, 7) is -0.109. The Morgan fingerprint density at radius 2 is 1.79 bits per heavy atom. The molecule has 0 fully saturated rings. The van der Waals surface area contributed by atoms with Gasteiger partial charge in [-0.3, -0.25) is 4.99 Å². The van der Waals surface area contributed by atoms with Crippen LogP contribution in [0, 0.1) is 0 Å². The predicted octanol–water partition coefficient (Wildman–Crippen LogP) is 5.18. The Hall–Kier alpha value is -2.62. The third-order valence-corrected chi connectivity index (χ3v) is 5.43. The Morgan fingerprint density at radius 1 is 1.07 bits per heavy atom. The molecular weight excluding hydrogens is 429 g/mol. The van der Waals surface area contributed by atoms with Crippen molar-refractivity contribution in [1.29, 1.82) is 0 Å². The van der Waals surface area contributed by atoms with Gasteiger partial charge in [0.1, 0.15) is 11.5 Å². The molecule has 0 spiro atoms. The maximum absolute atomic E-state index is 12.7. The molecule has 0 saturated heterocycles. The zero-order valence-corrected chi connectivity index (χ0v) is 16.2. The highest BCUT2D eigenvalue weighted by atomic mass is 35.5. The number of nitrogens with one attached hydrogen (secondary N) is 1. The Morgan fingerprint density at radius 3 is 2.48 bits per heavy atom. The molecule has 1 heterocycles. The Balaban J connectivity index is 1.65. The molecule has 152 valence electrons. The minimum absolute atomic E-state index is 0.0554. The second-order valence-corrected chi connectivity index (χ2v) is 8.09. The number of sulfonamides is 1. The van der Waals surface area contributed by atoms with Crippen LogP contribution in [0.25, 0.3) is 0 Å². The average Bonchev–Trinajstić information content (AvgIpc) is 3.13. The van der Waals surface area contributed by atoms with Crippen molar-refractivity contribution in [3.8, 4) is 0 Å². The van der Waals surface area contributed by atoms with Gasteiger partial charge >= 0.3 is 6.18 Å². The van der Waals surface area contributed by atoms with E-state index in [0.717, 1.165) is 12.1 Å². The van der Waals surface area contributed by atoms with Gasteiger partial charge in [-0.25, -0.2) is 13.1 Å². The third-order valence-electron chi connectivity index (χ3n) is 3.76. The van der Waals surface area contributed by atoms with E-state index < -0.39 is 21.8 Å². The number of halogens is 4. The summed E-state index contributed by atoms with van der Waals surface area (Å²) in [6, 6.07) is 13.3. The topological polar surface area (TPSA) is 71.7 Å². The minimum Gasteiger partial charge on any atom is -0.459 e. The van der Waals surface area contributed by atoms with Gasteiger partial charge in [-0.15, -0.1) is 0 Å². The number of alkyl halides is 3. The molecule has 0 aliphatic carbocycles. The number of nitrogens with zero attached hydrogens (tertiary/aromatic N) is 1. The van der Waals surface area contributed by atoms with E-state index in [1.807, 2.05) is 0 Å². The maximum Gasteiger partial charge on any atom is 0.416 e. The van der Waals surface area contributed by atoms with E-state index in [9.17, 15) is 21.6 Å². The fraction of sp³-hybridized carbons (Fsp3) is 0.105. The smallest absolute Gasteiger partial charge is 0.416 e.